The molecule has 0 bridgehead atoms. The van der Waals surface area contributed by atoms with Crippen LogP contribution in [0.2, 0.25) is 0 Å². The minimum Gasteiger partial charge on any atom is -0.369 e. The van der Waals surface area contributed by atoms with Crippen molar-refractivity contribution in [2.24, 2.45) is 0 Å². The SMILES string of the molecule is Cc1cc(NC(=O)CCNc2cnc3cnccn23)ccc1F. The van der Waals surface area contributed by atoms with Crippen LogP contribution in [0, 0.1) is 12.7 Å². The third kappa shape index (κ3) is 3.45. The first-order valence-electron chi connectivity index (χ1n) is 7.20. The lowest BCUT2D eigenvalue weighted by Gasteiger charge is -2.08. The predicted molar refractivity (Wildman–Crippen MR) is 85.9 cm³/mol. The highest BCUT2D eigenvalue weighted by Crippen LogP contribution is 2.14. The van der Waals surface area contributed by atoms with Crippen LogP contribution in [0.3, 0.4) is 0 Å². The van der Waals surface area contributed by atoms with E-state index in [0.717, 1.165) is 11.5 Å². The van der Waals surface area contributed by atoms with Crippen LogP contribution < -0.4 is 10.6 Å². The monoisotopic (exact) mass is 313 g/mol. The average molecular weight is 313 g/mol. The molecule has 0 spiro atoms. The molecule has 0 aliphatic rings. The van der Waals surface area contributed by atoms with Crippen LogP contribution in [0.5, 0.6) is 0 Å². The average Bonchev–Trinajstić information content (AvgIpc) is 2.94. The molecule has 3 aromatic rings. The number of rotatable bonds is 5. The first-order valence-corrected chi connectivity index (χ1v) is 7.20. The van der Waals surface area contributed by atoms with Gasteiger partial charge in [-0.15, -0.1) is 0 Å². The van der Waals surface area contributed by atoms with Crippen molar-refractivity contribution in [2.75, 3.05) is 17.2 Å². The smallest absolute Gasteiger partial charge is 0.226 e. The Hall–Kier alpha value is -2.96. The van der Waals surface area contributed by atoms with E-state index in [2.05, 4.69) is 20.6 Å². The number of carbonyl (C=O) groups excluding carboxylic acids is 1. The second-order valence-corrected chi connectivity index (χ2v) is 5.14. The van der Waals surface area contributed by atoms with Gasteiger partial charge in [-0.2, -0.15) is 0 Å². The molecule has 3 rings (SSSR count). The van der Waals surface area contributed by atoms with E-state index in [9.17, 15) is 9.18 Å². The van der Waals surface area contributed by atoms with Gasteiger partial charge < -0.3 is 10.6 Å². The zero-order valence-electron chi connectivity index (χ0n) is 12.6. The summed E-state index contributed by atoms with van der Waals surface area (Å²) in [6.07, 6.45) is 7.11. The summed E-state index contributed by atoms with van der Waals surface area (Å²) in [5, 5.41) is 5.91. The maximum Gasteiger partial charge on any atom is 0.226 e. The molecule has 6 nitrogen and oxygen atoms in total. The first-order chi connectivity index (χ1) is 11.1. The minimum atomic E-state index is -0.285. The summed E-state index contributed by atoms with van der Waals surface area (Å²) in [6.45, 7) is 2.12. The van der Waals surface area contributed by atoms with E-state index in [1.54, 1.807) is 43.8 Å². The van der Waals surface area contributed by atoms with Crippen LogP contribution in [0.4, 0.5) is 15.9 Å². The van der Waals surface area contributed by atoms with Gasteiger partial charge in [0.15, 0.2) is 5.65 Å². The Kier molecular flexibility index (Phi) is 4.18. The molecule has 23 heavy (non-hydrogen) atoms. The number of imidazole rings is 1. The molecule has 0 saturated heterocycles. The Labute approximate surface area is 132 Å². The summed E-state index contributed by atoms with van der Waals surface area (Å²) in [7, 11) is 0. The molecular formula is C16H16FN5O. The van der Waals surface area contributed by atoms with Crippen LogP contribution in [-0.2, 0) is 4.79 Å². The molecule has 2 N–H and O–H groups in total. The lowest BCUT2D eigenvalue weighted by atomic mass is 10.2. The maximum atomic E-state index is 13.2. The number of hydrogen-bond acceptors (Lipinski definition) is 4. The minimum absolute atomic E-state index is 0.140. The lowest BCUT2D eigenvalue weighted by Crippen LogP contribution is -2.16. The lowest BCUT2D eigenvalue weighted by molar-refractivity contribution is -0.115. The summed E-state index contributed by atoms with van der Waals surface area (Å²) in [6, 6.07) is 4.50. The van der Waals surface area contributed by atoms with Crippen molar-refractivity contribution in [2.45, 2.75) is 13.3 Å². The molecule has 1 amide bonds. The molecule has 7 heteroatoms. The maximum absolute atomic E-state index is 13.2. The number of aromatic nitrogens is 3. The first kappa shape index (κ1) is 15.0. The summed E-state index contributed by atoms with van der Waals surface area (Å²) in [5.41, 5.74) is 1.83. The van der Waals surface area contributed by atoms with Gasteiger partial charge in [-0.3, -0.25) is 14.2 Å². The summed E-state index contributed by atoms with van der Waals surface area (Å²) in [5.74, 6) is 0.374. The second kappa shape index (κ2) is 6.43. The van der Waals surface area contributed by atoms with Crippen LogP contribution in [0.15, 0.2) is 43.0 Å². The Bertz CT molecular complexity index is 845. The van der Waals surface area contributed by atoms with E-state index in [0.29, 0.717) is 17.8 Å². The third-order valence-electron chi connectivity index (χ3n) is 3.42. The fourth-order valence-corrected chi connectivity index (χ4v) is 2.22. The molecule has 0 unspecified atom stereocenters. The van der Waals surface area contributed by atoms with Crippen molar-refractivity contribution in [3.8, 4) is 0 Å². The van der Waals surface area contributed by atoms with Crippen molar-refractivity contribution in [3.63, 3.8) is 0 Å². The normalized spacial score (nSPS) is 10.7. The molecule has 0 aliphatic carbocycles. The quantitative estimate of drug-likeness (QED) is 0.759. The highest BCUT2D eigenvalue weighted by molar-refractivity contribution is 5.91. The van der Waals surface area contributed by atoms with E-state index in [1.807, 2.05) is 4.40 Å². The number of halogens is 1. The van der Waals surface area contributed by atoms with Crippen LogP contribution >= 0.6 is 0 Å². The fourth-order valence-electron chi connectivity index (χ4n) is 2.22. The highest BCUT2D eigenvalue weighted by atomic mass is 19.1. The van der Waals surface area contributed by atoms with Gasteiger partial charge in [0.25, 0.3) is 0 Å². The Morgan fingerprint density at radius 2 is 2.22 bits per heavy atom. The van der Waals surface area contributed by atoms with Crippen LogP contribution in [0.1, 0.15) is 12.0 Å². The van der Waals surface area contributed by atoms with Gasteiger partial charge in [-0.1, -0.05) is 0 Å². The fraction of sp³-hybridized carbons (Fsp3) is 0.188. The molecule has 2 heterocycles. The predicted octanol–water partition coefficient (Wildman–Crippen LogP) is 2.62. The van der Waals surface area contributed by atoms with Crippen LogP contribution in [0.25, 0.3) is 5.65 Å². The third-order valence-corrected chi connectivity index (χ3v) is 3.42. The van der Waals surface area contributed by atoms with Crippen molar-refractivity contribution < 1.29 is 9.18 Å². The van der Waals surface area contributed by atoms with Gasteiger partial charge in [-0.05, 0) is 30.7 Å². The topological polar surface area (TPSA) is 71.3 Å². The van der Waals surface area contributed by atoms with Gasteiger partial charge in [0.05, 0.1) is 12.4 Å². The van der Waals surface area contributed by atoms with Crippen molar-refractivity contribution >= 4 is 23.1 Å². The second-order valence-electron chi connectivity index (χ2n) is 5.14. The largest absolute Gasteiger partial charge is 0.369 e. The molecular weight excluding hydrogens is 297 g/mol. The Morgan fingerprint density at radius 1 is 1.35 bits per heavy atom. The molecule has 0 fully saturated rings. The number of carbonyl (C=O) groups is 1. The summed E-state index contributed by atoms with van der Waals surface area (Å²) < 4.78 is 15.0. The van der Waals surface area contributed by atoms with Gasteiger partial charge in [-0.25, -0.2) is 9.37 Å². The molecule has 0 saturated carbocycles. The van der Waals surface area contributed by atoms with E-state index < -0.39 is 0 Å². The number of anilines is 2. The zero-order valence-corrected chi connectivity index (χ0v) is 12.6. The molecule has 1 aromatic carbocycles. The van der Waals surface area contributed by atoms with E-state index >= 15 is 0 Å². The number of fused-ring (bicyclic) bond motifs is 1. The molecule has 0 radical (unpaired) electrons. The van der Waals surface area contributed by atoms with Gasteiger partial charge in [0.1, 0.15) is 11.6 Å². The van der Waals surface area contributed by atoms with Gasteiger partial charge in [0, 0.05) is 31.0 Å². The zero-order chi connectivity index (χ0) is 16.2. The van der Waals surface area contributed by atoms with Crippen molar-refractivity contribution in [3.05, 3.63) is 54.4 Å². The van der Waals surface area contributed by atoms with Crippen molar-refractivity contribution in [1.29, 1.82) is 0 Å². The summed E-state index contributed by atoms with van der Waals surface area (Å²) >= 11 is 0. The van der Waals surface area contributed by atoms with Crippen LogP contribution in [-0.4, -0.2) is 26.8 Å². The Morgan fingerprint density at radius 3 is 3.04 bits per heavy atom. The molecule has 0 aliphatic heterocycles. The standard InChI is InChI=1S/C16H16FN5O/c1-11-8-12(2-3-13(11)17)21-16(23)4-5-19-15-10-20-14-9-18-6-7-22(14)15/h2-3,6-10,19H,4-5H2,1H3,(H,21,23). The number of nitrogens with zero attached hydrogens (tertiary/aromatic N) is 3. The number of hydrogen-bond donors (Lipinski definition) is 2. The van der Waals surface area contributed by atoms with E-state index in [4.69, 9.17) is 0 Å². The van der Waals surface area contributed by atoms with Gasteiger partial charge in [0.2, 0.25) is 5.91 Å². The molecule has 118 valence electrons. The van der Waals surface area contributed by atoms with Gasteiger partial charge >= 0.3 is 0 Å². The van der Waals surface area contributed by atoms with E-state index in [1.165, 1.54) is 6.07 Å². The number of benzene rings is 1. The molecule has 0 atom stereocenters. The summed E-state index contributed by atoms with van der Waals surface area (Å²) in [4.78, 5) is 20.1. The molecule has 2 aromatic heterocycles. The van der Waals surface area contributed by atoms with E-state index in [-0.39, 0.29) is 18.1 Å². The number of nitrogens with one attached hydrogen (secondary N) is 2. The van der Waals surface area contributed by atoms with Crippen molar-refractivity contribution in [1.82, 2.24) is 14.4 Å². The highest BCUT2D eigenvalue weighted by Gasteiger charge is 2.06. The number of amides is 1. The number of aryl methyl sites for hydroxylation is 1. The Balaban J connectivity index is 1.54.